The van der Waals surface area contributed by atoms with Gasteiger partial charge in [-0.05, 0) is 74.5 Å². The Morgan fingerprint density at radius 1 is 1.18 bits per heavy atom. The van der Waals surface area contributed by atoms with E-state index in [0.717, 1.165) is 29.3 Å². The summed E-state index contributed by atoms with van der Waals surface area (Å²) >= 11 is 1.52. The van der Waals surface area contributed by atoms with Crippen molar-refractivity contribution in [3.05, 3.63) is 41.3 Å². The van der Waals surface area contributed by atoms with Crippen molar-refractivity contribution in [3.63, 3.8) is 0 Å². The third-order valence-electron chi connectivity index (χ3n) is 6.99. The number of methoxy groups -OCH3 is 1. The lowest BCUT2D eigenvalue weighted by Gasteiger charge is -2.31. The van der Waals surface area contributed by atoms with Crippen LogP contribution in [0.4, 0.5) is 0 Å². The Morgan fingerprint density at radius 3 is 2.79 bits per heavy atom. The lowest BCUT2D eigenvalue weighted by molar-refractivity contribution is -0.140. The highest BCUT2D eigenvalue weighted by Gasteiger charge is 2.47. The highest BCUT2D eigenvalue weighted by Crippen LogP contribution is 2.50. The second-order valence-corrected chi connectivity index (χ2v) is 9.98. The molecule has 6 nitrogen and oxygen atoms in total. The van der Waals surface area contributed by atoms with Crippen molar-refractivity contribution in [2.45, 2.75) is 57.9 Å². The van der Waals surface area contributed by atoms with Gasteiger partial charge in [-0.1, -0.05) is 12.2 Å². The molecule has 2 fully saturated rings. The number of ether oxygens (including phenoxy) is 2. The fourth-order valence-corrected chi connectivity index (χ4v) is 6.38. The van der Waals surface area contributed by atoms with Gasteiger partial charge in [0, 0.05) is 34.9 Å². The first-order valence-electron chi connectivity index (χ1n) is 11.7. The molecule has 2 bridgehead atoms. The quantitative estimate of drug-likeness (QED) is 0.234. The van der Waals surface area contributed by atoms with E-state index in [1.807, 2.05) is 11.4 Å². The van der Waals surface area contributed by atoms with E-state index in [1.54, 1.807) is 12.1 Å². The van der Waals surface area contributed by atoms with Crippen LogP contribution >= 0.6 is 11.3 Å². The van der Waals surface area contributed by atoms with Gasteiger partial charge in [0.1, 0.15) is 5.75 Å². The van der Waals surface area contributed by atoms with Crippen LogP contribution in [0.15, 0.2) is 35.7 Å². The van der Waals surface area contributed by atoms with Gasteiger partial charge in [0.15, 0.2) is 0 Å². The smallest absolute Gasteiger partial charge is 0.308 e. The van der Waals surface area contributed by atoms with Gasteiger partial charge in [-0.2, -0.15) is 0 Å². The number of carbonyl (C=O) groups is 3. The minimum absolute atomic E-state index is 0.0502. The van der Waals surface area contributed by atoms with Crippen LogP contribution in [0.3, 0.4) is 0 Å². The van der Waals surface area contributed by atoms with Crippen LogP contribution < -0.4 is 10.1 Å². The van der Waals surface area contributed by atoms with Crippen molar-refractivity contribution in [2.75, 3.05) is 7.11 Å². The van der Waals surface area contributed by atoms with Crippen molar-refractivity contribution in [3.8, 4) is 5.75 Å². The maximum absolute atomic E-state index is 13.3. The Bertz CT molecular complexity index is 1060. The molecule has 1 N–H and O–H groups in total. The van der Waals surface area contributed by atoms with E-state index in [1.165, 1.54) is 44.6 Å². The number of fused-ring (bicyclic) bond motifs is 3. The van der Waals surface area contributed by atoms with Crippen LogP contribution in [-0.2, 0) is 14.3 Å². The number of carbonyl (C=O) groups excluding carboxylic acids is 3. The fourth-order valence-electron chi connectivity index (χ4n) is 5.45. The molecule has 0 spiro atoms. The molecule has 2 aliphatic rings. The van der Waals surface area contributed by atoms with E-state index in [4.69, 9.17) is 4.74 Å². The van der Waals surface area contributed by atoms with Gasteiger partial charge in [-0.25, -0.2) is 0 Å². The third kappa shape index (κ3) is 5.46. The van der Waals surface area contributed by atoms with Gasteiger partial charge in [0.05, 0.1) is 12.7 Å². The first kappa shape index (κ1) is 23.5. The summed E-state index contributed by atoms with van der Waals surface area (Å²) in [6.45, 7) is 1.37. The van der Waals surface area contributed by atoms with Crippen LogP contribution in [0.25, 0.3) is 10.1 Å². The normalized spacial score (nSPS) is 23.8. The van der Waals surface area contributed by atoms with Crippen molar-refractivity contribution in [1.29, 1.82) is 0 Å². The van der Waals surface area contributed by atoms with Gasteiger partial charge in [0.2, 0.25) is 0 Å². The van der Waals surface area contributed by atoms with E-state index in [0.29, 0.717) is 35.5 Å². The molecule has 1 heterocycles. The zero-order valence-electron chi connectivity index (χ0n) is 19.2. The minimum Gasteiger partial charge on any atom is -0.469 e. The Labute approximate surface area is 198 Å². The van der Waals surface area contributed by atoms with Crippen molar-refractivity contribution in [2.24, 2.45) is 17.8 Å². The Hall–Kier alpha value is -2.67. The topological polar surface area (TPSA) is 81.7 Å². The molecule has 1 aromatic carbocycles. The van der Waals surface area contributed by atoms with Crippen LogP contribution in [0, 0.1) is 17.8 Å². The summed E-state index contributed by atoms with van der Waals surface area (Å²) in [5, 5.41) is 6.07. The molecule has 0 unspecified atom stereocenters. The SMILES string of the molecule is COC(=O)CCCC=CC[C@H]1[C@@H]2CC[C@@H](C2)[C@@H]1NC(=O)c1csc2ccc(OC(C)=O)cc12. The van der Waals surface area contributed by atoms with Crippen LogP contribution in [0.1, 0.15) is 62.2 Å². The van der Waals surface area contributed by atoms with Crippen molar-refractivity contribution >= 4 is 39.3 Å². The number of thiophene rings is 1. The summed E-state index contributed by atoms with van der Waals surface area (Å²) in [6.07, 6.45) is 11.0. The molecule has 7 heteroatoms. The molecule has 176 valence electrons. The summed E-state index contributed by atoms with van der Waals surface area (Å²) in [7, 11) is 1.42. The molecule has 2 saturated carbocycles. The summed E-state index contributed by atoms with van der Waals surface area (Å²) in [5.74, 6) is 1.52. The zero-order valence-corrected chi connectivity index (χ0v) is 20.0. The summed E-state index contributed by atoms with van der Waals surface area (Å²) in [5.41, 5.74) is 0.642. The summed E-state index contributed by atoms with van der Waals surface area (Å²) in [6, 6.07) is 5.60. The Kier molecular flexibility index (Phi) is 7.48. The molecule has 4 atom stereocenters. The molecule has 0 saturated heterocycles. The predicted molar refractivity (Wildman–Crippen MR) is 128 cm³/mol. The van der Waals surface area contributed by atoms with Crippen LogP contribution in [-0.4, -0.2) is 31.0 Å². The minimum atomic E-state index is -0.376. The van der Waals surface area contributed by atoms with Crippen LogP contribution in [0.2, 0.25) is 0 Å². The van der Waals surface area contributed by atoms with Gasteiger partial charge in [-0.15, -0.1) is 11.3 Å². The molecule has 4 rings (SSSR count). The molecule has 33 heavy (non-hydrogen) atoms. The maximum atomic E-state index is 13.3. The van der Waals surface area contributed by atoms with Gasteiger partial charge >= 0.3 is 11.9 Å². The molecule has 0 radical (unpaired) electrons. The largest absolute Gasteiger partial charge is 0.469 e. The van der Waals surface area contributed by atoms with Crippen molar-refractivity contribution < 1.29 is 23.9 Å². The second kappa shape index (κ2) is 10.5. The monoisotopic (exact) mass is 469 g/mol. The third-order valence-corrected chi connectivity index (χ3v) is 7.96. The number of amides is 1. The molecule has 1 amide bonds. The van der Waals surface area contributed by atoms with E-state index in [9.17, 15) is 14.4 Å². The van der Waals surface area contributed by atoms with Gasteiger partial charge in [-0.3, -0.25) is 14.4 Å². The standard InChI is InChI=1S/C26H31NO5S/c1-16(28)32-19-11-12-23-21(14-19)22(15-33-23)26(30)27-25-18-10-9-17(13-18)20(25)7-5-3-4-6-8-24(29)31-2/h3,5,11-12,14-15,17-18,20,25H,4,6-10,13H2,1-2H3,(H,27,30)/t17-,18+,20+,25+/m1/s1. The van der Waals surface area contributed by atoms with Crippen LogP contribution in [0.5, 0.6) is 5.75 Å². The summed E-state index contributed by atoms with van der Waals surface area (Å²) < 4.78 is 10.9. The number of hydrogen-bond donors (Lipinski definition) is 1. The highest BCUT2D eigenvalue weighted by molar-refractivity contribution is 7.17. The lowest BCUT2D eigenvalue weighted by atomic mass is 9.82. The fraction of sp³-hybridized carbons (Fsp3) is 0.500. The number of hydrogen-bond acceptors (Lipinski definition) is 6. The predicted octanol–water partition coefficient (Wildman–Crippen LogP) is 5.26. The lowest BCUT2D eigenvalue weighted by Crippen LogP contribution is -2.43. The van der Waals surface area contributed by atoms with Gasteiger partial charge in [0.25, 0.3) is 5.91 Å². The molecule has 2 aliphatic carbocycles. The molecule has 0 aliphatic heterocycles. The van der Waals surface area contributed by atoms with Gasteiger partial charge < -0.3 is 14.8 Å². The average Bonchev–Trinajstić information content (AvgIpc) is 3.50. The Morgan fingerprint density at radius 2 is 2.00 bits per heavy atom. The number of benzene rings is 1. The first-order valence-corrected chi connectivity index (χ1v) is 12.6. The molecule has 1 aromatic heterocycles. The first-order chi connectivity index (χ1) is 16.0. The summed E-state index contributed by atoms with van der Waals surface area (Å²) in [4.78, 5) is 35.8. The Balaban J connectivity index is 1.40. The van der Waals surface area contributed by atoms with E-state index >= 15 is 0 Å². The molecular weight excluding hydrogens is 438 g/mol. The zero-order chi connectivity index (χ0) is 23.4. The number of unbranched alkanes of at least 4 members (excludes halogenated alkanes) is 1. The van der Waals surface area contributed by atoms with E-state index in [2.05, 4.69) is 22.2 Å². The average molecular weight is 470 g/mol. The highest BCUT2D eigenvalue weighted by atomic mass is 32.1. The van der Waals surface area contributed by atoms with E-state index < -0.39 is 0 Å². The number of rotatable bonds is 9. The van der Waals surface area contributed by atoms with E-state index in [-0.39, 0.29) is 23.9 Å². The van der Waals surface area contributed by atoms with Crippen molar-refractivity contribution in [1.82, 2.24) is 5.32 Å². The molecular formula is C26H31NO5S. The number of allylic oxidation sites excluding steroid dienone is 2. The maximum Gasteiger partial charge on any atom is 0.308 e. The number of nitrogens with one attached hydrogen (secondary N) is 1. The molecule has 2 aromatic rings. The second-order valence-electron chi connectivity index (χ2n) is 9.07. The number of esters is 2.